The smallest absolute Gasteiger partial charge is 0.270 e. The summed E-state index contributed by atoms with van der Waals surface area (Å²) in [5.74, 6) is -0.425. The van der Waals surface area contributed by atoms with Crippen LogP contribution in [-0.4, -0.2) is 22.8 Å². The maximum absolute atomic E-state index is 12.4. The Balaban J connectivity index is 1.65. The van der Waals surface area contributed by atoms with Gasteiger partial charge in [-0.25, -0.2) is 0 Å². The summed E-state index contributed by atoms with van der Waals surface area (Å²) in [5, 5.41) is 5.95. The molecule has 1 aromatic heterocycles. The van der Waals surface area contributed by atoms with Crippen LogP contribution in [-0.2, 0) is 0 Å². The molecule has 5 heteroatoms. The van der Waals surface area contributed by atoms with E-state index < -0.39 is 0 Å². The molecule has 1 aliphatic carbocycles. The molecule has 1 fully saturated rings. The molecule has 0 radical (unpaired) electrons. The molecule has 25 heavy (non-hydrogen) atoms. The number of benzene rings is 1. The SMILES string of the molecule is CC(NC(=O)c1cc(C(=O)NC2CCCC2)ccn1)c1ccccc1. The fraction of sp³-hybridized carbons (Fsp3) is 0.350. The highest BCUT2D eigenvalue weighted by atomic mass is 16.2. The van der Waals surface area contributed by atoms with Crippen molar-refractivity contribution < 1.29 is 9.59 Å². The molecule has 130 valence electrons. The van der Waals surface area contributed by atoms with Crippen LogP contribution in [0.4, 0.5) is 0 Å². The average molecular weight is 337 g/mol. The first-order chi connectivity index (χ1) is 12.1. The van der Waals surface area contributed by atoms with Crippen molar-refractivity contribution in [2.45, 2.75) is 44.7 Å². The van der Waals surface area contributed by atoms with Crippen molar-refractivity contribution in [1.29, 1.82) is 0 Å². The predicted molar refractivity (Wildman–Crippen MR) is 96.3 cm³/mol. The van der Waals surface area contributed by atoms with Crippen LogP contribution in [0.25, 0.3) is 0 Å². The van der Waals surface area contributed by atoms with Crippen LogP contribution < -0.4 is 10.6 Å². The Bertz CT molecular complexity index is 740. The van der Waals surface area contributed by atoms with Crippen molar-refractivity contribution in [2.75, 3.05) is 0 Å². The number of rotatable bonds is 5. The summed E-state index contributed by atoms with van der Waals surface area (Å²) in [7, 11) is 0. The third-order valence-corrected chi connectivity index (χ3v) is 4.59. The Kier molecular flexibility index (Phi) is 5.43. The van der Waals surface area contributed by atoms with Crippen LogP contribution in [0.15, 0.2) is 48.7 Å². The van der Waals surface area contributed by atoms with E-state index in [2.05, 4.69) is 15.6 Å². The third-order valence-electron chi connectivity index (χ3n) is 4.59. The van der Waals surface area contributed by atoms with E-state index >= 15 is 0 Å². The number of amides is 2. The predicted octanol–water partition coefficient (Wildman–Crippen LogP) is 3.25. The monoisotopic (exact) mass is 337 g/mol. The van der Waals surface area contributed by atoms with Gasteiger partial charge in [-0.2, -0.15) is 0 Å². The Hall–Kier alpha value is -2.69. The molecule has 0 spiro atoms. The number of nitrogens with zero attached hydrogens (tertiary/aromatic N) is 1. The molecular weight excluding hydrogens is 314 g/mol. The van der Waals surface area contributed by atoms with Crippen molar-refractivity contribution in [1.82, 2.24) is 15.6 Å². The molecule has 5 nitrogen and oxygen atoms in total. The van der Waals surface area contributed by atoms with Gasteiger partial charge in [0.15, 0.2) is 0 Å². The van der Waals surface area contributed by atoms with E-state index in [9.17, 15) is 9.59 Å². The topological polar surface area (TPSA) is 71.1 Å². The first kappa shape index (κ1) is 17.1. The van der Waals surface area contributed by atoms with Crippen molar-refractivity contribution in [3.8, 4) is 0 Å². The maximum atomic E-state index is 12.4. The van der Waals surface area contributed by atoms with Gasteiger partial charge in [-0.15, -0.1) is 0 Å². The molecule has 3 rings (SSSR count). The van der Waals surface area contributed by atoms with Gasteiger partial charge in [0.2, 0.25) is 0 Å². The van der Waals surface area contributed by atoms with Crippen LogP contribution in [0.5, 0.6) is 0 Å². The standard InChI is InChI=1S/C20H23N3O2/c1-14(15-7-3-2-4-8-15)22-20(25)18-13-16(11-12-21-18)19(24)23-17-9-5-6-10-17/h2-4,7-8,11-14,17H,5-6,9-10H2,1H3,(H,22,25)(H,23,24). The highest BCUT2D eigenvalue weighted by molar-refractivity contribution is 5.98. The van der Waals surface area contributed by atoms with E-state index in [1.807, 2.05) is 37.3 Å². The molecular formula is C20H23N3O2. The van der Waals surface area contributed by atoms with E-state index in [0.717, 1.165) is 31.2 Å². The van der Waals surface area contributed by atoms with Crippen LogP contribution in [0.2, 0.25) is 0 Å². The lowest BCUT2D eigenvalue weighted by atomic mass is 10.1. The number of hydrogen-bond donors (Lipinski definition) is 2. The minimum absolute atomic E-state index is 0.133. The van der Waals surface area contributed by atoms with Gasteiger partial charge in [0.1, 0.15) is 5.69 Å². The van der Waals surface area contributed by atoms with Crippen molar-refractivity contribution >= 4 is 11.8 Å². The van der Waals surface area contributed by atoms with Gasteiger partial charge in [-0.1, -0.05) is 43.2 Å². The lowest BCUT2D eigenvalue weighted by Gasteiger charge is -2.15. The fourth-order valence-corrected chi connectivity index (χ4v) is 3.13. The molecule has 2 amide bonds. The Morgan fingerprint density at radius 1 is 1.08 bits per heavy atom. The van der Waals surface area contributed by atoms with Crippen molar-refractivity contribution in [3.05, 3.63) is 65.5 Å². The zero-order chi connectivity index (χ0) is 17.6. The zero-order valence-corrected chi connectivity index (χ0v) is 14.4. The van der Waals surface area contributed by atoms with Crippen LogP contribution >= 0.6 is 0 Å². The summed E-state index contributed by atoms with van der Waals surface area (Å²) < 4.78 is 0. The average Bonchev–Trinajstić information content (AvgIpc) is 3.15. The molecule has 1 aromatic carbocycles. The summed E-state index contributed by atoms with van der Waals surface area (Å²) in [4.78, 5) is 28.9. The number of pyridine rings is 1. The van der Waals surface area contributed by atoms with Gasteiger partial charge in [-0.3, -0.25) is 14.6 Å². The highest BCUT2D eigenvalue weighted by Gasteiger charge is 2.19. The molecule has 1 unspecified atom stereocenters. The van der Waals surface area contributed by atoms with Gasteiger partial charge in [0.25, 0.3) is 11.8 Å². The maximum Gasteiger partial charge on any atom is 0.270 e. The van der Waals surface area contributed by atoms with E-state index in [-0.39, 0.29) is 29.6 Å². The molecule has 1 heterocycles. The summed E-state index contributed by atoms with van der Waals surface area (Å²) in [6.07, 6.45) is 5.88. The lowest BCUT2D eigenvalue weighted by molar-refractivity contribution is 0.0935. The number of carbonyl (C=O) groups is 2. The van der Waals surface area contributed by atoms with Crippen molar-refractivity contribution in [2.24, 2.45) is 0 Å². The molecule has 0 bridgehead atoms. The Labute approximate surface area is 147 Å². The number of nitrogens with one attached hydrogen (secondary N) is 2. The first-order valence-corrected chi connectivity index (χ1v) is 8.76. The first-order valence-electron chi connectivity index (χ1n) is 8.76. The molecule has 0 aliphatic heterocycles. The van der Waals surface area contributed by atoms with E-state index in [1.54, 1.807) is 12.1 Å². The highest BCUT2D eigenvalue weighted by Crippen LogP contribution is 2.18. The minimum Gasteiger partial charge on any atom is -0.349 e. The largest absolute Gasteiger partial charge is 0.349 e. The van der Waals surface area contributed by atoms with Crippen LogP contribution in [0.3, 0.4) is 0 Å². The van der Waals surface area contributed by atoms with Gasteiger partial charge < -0.3 is 10.6 Å². The molecule has 2 N–H and O–H groups in total. The quantitative estimate of drug-likeness (QED) is 0.880. The number of hydrogen-bond acceptors (Lipinski definition) is 3. The van der Waals surface area contributed by atoms with Crippen molar-refractivity contribution in [3.63, 3.8) is 0 Å². The Morgan fingerprint density at radius 3 is 2.52 bits per heavy atom. The summed E-state index contributed by atoms with van der Waals surface area (Å²) in [6, 6.07) is 13.0. The van der Waals surface area contributed by atoms with Crippen LogP contribution in [0.1, 0.15) is 65.1 Å². The third kappa shape index (κ3) is 4.44. The lowest BCUT2D eigenvalue weighted by Crippen LogP contribution is -2.33. The van der Waals surface area contributed by atoms with E-state index in [4.69, 9.17) is 0 Å². The second-order valence-corrected chi connectivity index (χ2v) is 6.49. The second kappa shape index (κ2) is 7.92. The molecule has 1 saturated carbocycles. The van der Waals surface area contributed by atoms with E-state index in [1.165, 1.54) is 6.20 Å². The van der Waals surface area contributed by atoms with Gasteiger partial charge in [-0.05, 0) is 37.5 Å². The normalized spacial score (nSPS) is 15.6. The minimum atomic E-state index is -0.285. The summed E-state index contributed by atoms with van der Waals surface area (Å²) in [6.45, 7) is 1.92. The molecule has 2 aromatic rings. The molecule has 0 saturated heterocycles. The molecule has 1 aliphatic rings. The molecule has 1 atom stereocenters. The number of aromatic nitrogens is 1. The summed E-state index contributed by atoms with van der Waals surface area (Å²) >= 11 is 0. The summed E-state index contributed by atoms with van der Waals surface area (Å²) in [5.41, 5.74) is 1.74. The zero-order valence-electron chi connectivity index (χ0n) is 14.4. The van der Waals surface area contributed by atoms with E-state index in [0.29, 0.717) is 5.56 Å². The van der Waals surface area contributed by atoms with Gasteiger partial charge in [0, 0.05) is 17.8 Å². The fourth-order valence-electron chi connectivity index (χ4n) is 3.13. The van der Waals surface area contributed by atoms with Gasteiger partial charge in [0.05, 0.1) is 6.04 Å². The van der Waals surface area contributed by atoms with Crippen LogP contribution in [0, 0.1) is 0 Å². The number of carbonyl (C=O) groups excluding carboxylic acids is 2. The second-order valence-electron chi connectivity index (χ2n) is 6.49. The Morgan fingerprint density at radius 2 is 1.80 bits per heavy atom. The van der Waals surface area contributed by atoms with Gasteiger partial charge >= 0.3 is 0 Å².